The normalized spacial score (nSPS) is 12.2. The van der Waals surface area contributed by atoms with E-state index in [9.17, 15) is 4.79 Å². The van der Waals surface area contributed by atoms with E-state index in [1.807, 2.05) is 13.0 Å². The van der Waals surface area contributed by atoms with E-state index in [4.69, 9.17) is 10.5 Å². The highest BCUT2D eigenvalue weighted by Crippen LogP contribution is 2.23. The predicted molar refractivity (Wildman–Crippen MR) is 71.1 cm³/mol. The molecule has 0 fully saturated rings. The molecule has 0 bridgehead atoms. The Kier molecular flexibility index (Phi) is 3.74. The third-order valence-electron chi connectivity index (χ3n) is 2.50. The molecule has 5 heteroatoms. The summed E-state index contributed by atoms with van der Waals surface area (Å²) in [5, 5.41) is 2.49. The van der Waals surface area contributed by atoms with E-state index < -0.39 is 0 Å². The molecule has 1 aromatic carbocycles. The van der Waals surface area contributed by atoms with Gasteiger partial charge in [0.15, 0.2) is 0 Å². The number of ether oxygens (including phenoxy) is 1. The fourth-order valence-electron chi connectivity index (χ4n) is 1.57. The molecule has 94 valence electrons. The highest BCUT2D eigenvalue weighted by atomic mass is 32.1. The van der Waals surface area contributed by atoms with Gasteiger partial charge in [0.25, 0.3) is 0 Å². The second kappa shape index (κ2) is 5.29. The van der Waals surface area contributed by atoms with Gasteiger partial charge in [0.2, 0.25) is 5.78 Å². The zero-order chi connectivity index (χ0) is 13.1. The number of benzene rings is 1. The Morgan fingerprint density at radius 3 is 2.78 bits per heavy atom. The van der Waals surface area contributed by atoms with E-state index in [-0.39, 0.29) is 11.8 Å². The van der Waals surface area contributed by atoms with Gasteiger partial charge in [0, 0.05) is 5.38 Å². The van der Waals surface area contributed by atoms with Gasteiger partial charge in [-0.2, -0.15) is 0 Å². The maximum absolute atomic E-state index is 12.3. The number of para-hydroxylation sites is 1. The second-order valence-corrected chi connectivity index (χ2v) is 4.78. The van der Waals surface area contributed by atoms with Crippen LogP contribution < -0.4 is 10.5 Å². The average Bonchev–Trinajstić information content (AvgIpc) is 2.87. The van der Waals surface area contributed by atoms with Crippen molar-refractivity contribution in [2.75, 3.05) is 7.11 Å². The smallest absolute Gasteiger partial charge is 0.215 e. The minimum absolute atomic E-state index is 0.143. The average molecular weight is 262 g/mol. The number of carbonyl (C=O) groups is 1. The Labute approximate surface area is 109 Å². The number of methoxy groups -OCH3 is 1. The van der Waals surface area contributed by atoms with Crippen LogP contribution in [-0.4, -0.2) is 17.9 Å². The molecular formula is C13H14N2O2S. The van der Waals surface area contributed by atoms with Crippen molar-refractivity contribution in [3.05, 3.63) is 45.9 Å². The summed E-state index contributed by atoms with van der Waals surface area (Å²) in [7, 11) is 1.54. The Bertz CT molecular complexity index is 564. The molecule has 1 unspecified atom stereocenters. The second-order valence-electron chi connectivity index (χ2n) is 3.89. The first-order valence-electron chi connectivity index (χ1n) is 5.52. The number of rotatable bonds is 4. The third-order valence-corrected chi connectivity index (χ3v) is 3.54. The highest BCUT2D eigenvalue weighted by Gasteiger charge is 2.17. The molecule has 4 nitrogen and oxygen atoms in total. The number of hydrogen-bond donors (Lipinski definition) is 1. The summed E-state index contributed by atoms with van der Waals surface area (Å²) in [5.74, 6) is 0.411. The SMILES string of the molecule is COc1ccccc1C(=O)c1csc(C(C)N)n1. The van der Waals surface area contributed by atoms with Crippen LogP contribution in [0.1, 0.15) is 34.0 Å². The van der Waals surface area contributed by atoms with Crippen molar-refractivity contribution >= 4 is 17.1 Å². The summed E-state index contributed by atoms with van der Waals surface area (Å²) < 4.78 is 5.17. The molecule has 2 rings (SSSR count). The standard InChI is InChI=1S/C13H14N2O2S/c1-8(14)13-15-10(7-18-13)12(16)9-5-3-4-6-11(9)17-2/h3-8H,14H2,1-2H3. The van der Waals surface area contributed by atoms with E-state index >= 15 is 0 Å². The van der Waals surface area contributed by atoms with E-state index in [1.54, 1.807) is 30.7 Å². The van der Waals surface area contributed by atoms with Gasteiger partial charge < -0.3 is 10.5 Å². The molecule has 2 N–H and O–H groups in total. The van der Waals surface area contributed by atoms with Gasteiger partial charge in [-0.05, 0) is 19.1 Å². The number of ketones is 1. The Morgan fingerprint density at radius 2 is 2.17 bits per heavy atom. The van der Waals surface area contributed by atoms with Crippen LogP contribution in [0, 0.1) is 0 Å². The first-order chi connectivity index (χ1) is 8.63. The summed E-state index contributed by atoms with van der Waals surface area (Å²) in [4.78, 5) is 16.5. The maximum Gasteiger partial charge on any atom is 0.215 e. The monoisotopic (exact) mass is 262 g/mol. The molecule has 0 aliphatic rings. The highest BCUT2D eigenvalue weighted by molar-refractivity contribution is 7.09. The molecule has 0 aliphatic heterocycles. The van der Waals surface area contributed by atoms with Crippen molar-refractivity contribution < 1.29 is 9.53 Å². The number of aromatic nitrogens is 1. The zero-order valence-electron chi connectivity index (χ0n) is 10.2. The number of nitrogens with two attached hydrogens (primary N) is 1. The molecule has 0 aliphatic carbocycles. The minimum Gasteiger partial charge on any atom is -0.496 e. The summed E-state index contributed by atoms with van der Waals surface area (Å²) in [5.41, 5.74) is 6.66. The van der Waals surface area contributed by atoms with Gasteiger partial charge in [-0.1, -0.05) is 12.1 Å². The lowest BCUT2D eigenvalue weighted by molar-refractivity contribution is 0.103. The van der Waals surface area contributed by atoms with E-state index in [0.717, 1.165) is 5.01 Å². The predicted octanol–water partition coefficient (Wildman–Crippen LogP) is 2.40. The molecule has 0 radical (unpaired) electrons. The molecule has 1 atom stereocenters. The summed E-state index contributed by atoms with van der Waals surface area (Å²) in [6.07, 6.45) is 0. The maximum atomic E-state index is 12.3. The van der Waals surface area contributed by atoms with Gasteiger partial charge in [-0.25, -0.2) is 4.98 Å². The van der Waals surface area contributed by atoms with Crippen molar-refractivity contribution in [2.45, 2.75) is 13.0 Å². The van der Waals surface area contributed by atoms with Crippen LogP contribution in [0.2, 0.25) is 0 Å². The molecule has 18 heavy (non-hydrogen) atoms. The van der Waals surface area contributed by atoms with Crippen molar-refractivity contribution in [1.29, 1.82) is 0 Å². The molecule has 1 aromatic heterocycles. The van der Waals surface area contributed by atoms with Gasteiger partial charge in [0.1, 0.15) is 16.5 Å². The lowest BCUT2D eigenvalue weighted by Crippen LogP contribution is -2.07. The lowest BCUT2D eigenvalue weighted by Gasteiger charge is -2.05. The summed E-state index contributed by atoms with van der Waals surface area (Å²) in [6, 6.07) is 6.95. The van der Waals surface area contributed by atoms with Crippen LogP contribution in [0.5, 0.6) is 5.75 Å². The molecule has 0 saturated heterocycles. The lowest BCUT2D eigenvalue weighted by atomic mass is 10.1. The molecule has 1 heterocycles. The van der Waals surface area contributed by atoms with Crippen molar-refractivity contribution in [2.24, 2.45) is 5.73 Å². The van der Waals surface area contributed by atoms with Crippen LogP contribution in [0.15, 0.2) is 29.6 Å². The van der Waals surface area contributed by atoms with Crippen LogP contribution in [0.4, 0.5) is 0 Å². The van der Waals surface area contributed by atoms with Crippen molar-refractivity contribution in [3.8, 4) is 5.75 Å². The third kappa shape index (κ3) is 2.42. The van der Waals surface area contributed by atoms with Crippen LogP contribution in [0.3, 0.4) is 0 Å². The Hall–Kier alpha value is -1.72. The minimum atomic E-state index is -0.158. The van der Waals surface area contributed by atoms with Crippen LogP contribution in [-0.2, 0) is 0 Å². The first kappa shape index (κ1) is 12.7. The van der Waals surface area contributed by atoms with E-state index in [1.165, 1.54) is 11.3 Å². The largest absolute Gasteiger partial charge is 0.496 e. The number of hydrogen-bond acceptors (Lipinski definition) is 5. The van der Waals surface area contributed by atoms with Crippen molar-refractivity contribution in [1.82, 2.24) is 4.98 Å². The molecular weight excluding hydrogens is 248 g/mol. The van der Waals surface area contributed by atoms with Crippen molar-refractivity contribution in [3.63, 3.8) is 0 Å². The molecule has 0 spiro atoms. The fourth-order valence-corrected chi connectivity index (χ4v) is 2.33. The summed E-state index contributed by atoms with van der Waals surface area (Å²) in [6.45, 7) is 1.84. The van der Waals surface area contributed by atoms with Gasteiger partial charge >= 0.3 is 0 Å². The summed E-state index contributed by atoms with van der Waals surface area (Å²) >= 11 is 1.40. The Morgan fingerprint density at radius 1 is 1.44 bits per heavy atom. The fraction of sp³-hybridized carbons (Fsp3) is 0.231. The van der Waals surface area contributed by atoms with E-state index in [2.05, 4.69) is 4.98 Å². The molecule has 0 amide bonds. The topological polar surface area (TPSA) is 65.2 Å². The Balaban J connectivity index is 2.35. The first-order valence-corrected chi connectivity index (χ1v) is 6.40. The van der Waals surface area contributed by atoms with Crippen LogP contribution in [0.25, 0.3) is 0 Å². The van der Waals surface area contributed by atoms with E-state index in [0.29, 0.717) is 17.0 Å². The number of thiazole rings is 1. The molecule has 2 aromatic rings. The number of carbonyl (C=O) groups excluding carboxylic acids is 1. The van der Waals surface area contributed by atoms with Gasteiger partial charge in [-0.3, -0.25) is 4.79 Å². The van der Waals surface area contributed by atoms with Gasteiger partial charge in [-0.15, -0.1) is 11.3 Å². The molecule has 0 saturated carbocycles. The number of nitrogens with zero attached hydrogens (tertiary/aromatic N) is 1. The van der Waals surface area contributed by atoms with Gasteiger partial charge in [0.05, 0.1) is 18.7 Å². The zero-order valence-corrected chi connectivity index (χ0v) is 11.0. The quantitative estimate of drug-likeness (QED) is 0.859. The van der Waals surface area contributed by atoms with Crippen LogP contribution >= 0.6 is 11.3 Å².